The third-order valence-corrected chi connectivity index (χ3v) is 3.92. The maximum atomic E-state index is 4.42. The van der Waals surface area contributed by atoms with Crippen molar-refractivity contribution in [1.82, 2.24) is 9.97 Å². The Morgan fingerprint density at radius 1 is 1.33 bits per heavy atom. The standard InChI is InChI=1S/C15H25N3/c1-12(2)10-15(7-4-5-8-15)11-17-14-16-9-6-13(3)18-14/h6,9,12H,4-5,7-8,10-11H2,1-3H3,(H,16,17,18). The minimum Gasteiger partial charge on any atom is -0.354 e. The van der Waals surface area contributed by atoms with Crippen molar-refractivity contribution < 1.29 is 0 Å². The summed E-state index contributed by atoms with van der Waals surface area (Å²) in [6.45, 7) is 7.67. The Bertz CT molecular complexity index is 381. The van der Waals surface area contributed by atoms with Crippen molar-refractivity contribution in [2.24, 2.45) is 11.3 Å². The van der Waals surface area contributed by atoms with Gasteiger partial charge in [-0.05, 0) is 43.6 Å². The molecule has 0 amide bonds. The number of hydrogen-bond acceptors (Lipinski definition) is 3. The zero-order valence-electron chi connectivity index (χ0n) is 11.9. The Morgan fingerprint density at radius 3 is 2.67 bits per heavy atom. The largest absolute Gasteiger partial charge is 0.354 e. The molecular formula is C15H25N3. The monoisotopic (exact) mass is 247 g/mol. The topological polar surface area (TPSA) is 37.8 Å². The van der Waals surface area contributed by atoms with Crippen LogP contribution in [0, 0.1) is 18.3 Å². The summed E-state index contributed by atoms with van der Waals surface area (Å²) in [5.41, 5.74) is 1.50. The molecule has 1 aliphatic rings. The first kappa shape index (κ1) is 13.3. The van der Waals surface area contributed by atoms with Crippen LogP contribution >= 0.6 is 0 Å². The number of hydrogen-bond donors (Lipinski definition) is 1. The van der Waals surface area contributed by atoms with Gasteiger partial charge in [-0.25, -0.2) is 9.97 Å². The first-order valence-electron chi connectivity index (χ1n) is 7.13. The second kappa shape index (κ2) is 5.68. The molecule has 0 spiro atoms. The highest BCUT2D eigenvalue weighted by atomic mass is 15.1. The lowest BCUT2D eigenvalue weighted by atomic mass is 9.78. The maximum Gasteiger partial charge on any atom is 0.222 e. The van der Waals surface area contributed by atoms with Gasteiger partial charge in [-0.3, -0.25) is 0 Å². The van der Waals surface area contributed by atoms with Gasteiger partial charge in [-0.15, -0.1) is 0 Å². The molecule has 2 rings (SSSR count). The Balaban J connectivity index is 1.97. The van der Waals surface area contributed by atoms with Crippen LogP contribution in [0.3, 0.4) is 0 Å². The summed E-state index contributed by atoms with van der Waals surface area (Å²) >= 11 is 0. The molecule has 1 fully saturated rings. The van der Waals surface area contributed by atoms with Gasteiger partial charge in [0.1, 0.15) is 0 Å². The quantitative estimate of drug-likeness (QED) is 0.860. The average Bonchev–Trinajstić information content (AvgIpc) is 2.75. The molecule has 0 unspecified atom stereocenters. The van der Waals surface area contributed by atoms with Crippen LogP contribution in [0.4, 0.5) is 5.95 Å². The molecule has 0 bridgehead atoms. The van der Waals surface area contributed by atoms with Gasteiger partial charge in [0.05, 0.1) is 0 Å². The lowest BCUT2D eigenvalue weighted by molar-refractivity contribution is 0.252. The molecule has 1 N–H and O–H groups in total. The molecular weight excluding hydrogens is 222 g/mol. The first-order chi connectivity index (χ1) is 8.60. The van der Waals surface area contributed by atoms with E-state index in [2.05, 4.69) is 29.1 Å². The van der Waals surface area contributed by atoms with E-state index in [9.17, 15) is 0 Å². The van der Waals surface area contributed by atoms with Crippen LogP contribution < -0.4 is 5.32 Å². The van der Waals surface area contributed by atoms with Crippen LogP contribution in [-0.2, 0) is 0 Å². The third-order valence-electron chi connectivity index (χ3n) is 3.92. The van der Waals surface area contributed by atoms with Crippen molar-refractivity contribution in [2.75, 3.05) is 11.9 Å². The zero-order valence-corrected chi connectivity index (χ0v) is 11.9. The van der Waals surface area contributed by atoms with Gasteiger partial charge in [-0.2, -0.15) is 0 Å². The van der Waals surface area contributed by atoms with Crippen LogP contribution in [0.5, 0.6) is 0 Å². The average molecular weight is 247 g/mol. The number of nitrogens with one attached hydrogen (secondary N) is 1. The van der Waals surface area contributed by atoms with E-state index < -0.39 is 0 Å². The molecule has 18 heavy (non-hydrogen) atoms. The van der Waals surface area contributed by atoms with E-state index in [-0.39, 0.29) is 0 Å². The van der Waals surface area contributed by atoms with Gasteiger partial charge in [0, 0.05) is 18.4 Å². The van der Waals surface area contributed by atoms with Crippen LogP contribution in [0.2, 0.25) is 0 Å². The maximum absolute atomic E-state index is 4.42. The van der Waals surface area contributed by atoms with Gasteiger partial charge in [0.15, 0.2) is 0 Å². The van der Waals surface area contributed by atoms with E-state index >= 15 is 0 Å². The van der Waals surface area contributed by atoms with Crippen molar-refractivity contribution in [3.63, 3.8) is 0 Å². The summed E-state index contributed by atoms with van der Waals surface area (Å²) < 4.78 is 0. The fourth-order valence-electron chi connectivity index (χ4n) is 3.24. The van der Waals surface area contributed by atoms with E-state index in [1.807, 2.05) is 19.2 Å². The van der Waals surface area contributed by atoms with E-state index in [0.717, 1.165) is 24.1 Å². The predicted octanol–water partition coefficient (Wildman–Crippen LogP) is 3.80. The Morgan fingerprint density at radius 2 is 2.06 bits per heavy atom. The molecule has 1 heterocycles. The summed E-state index contributed by atoms with van der Waals surface area (Å²) in [5, 5.41) is 3.45. The fraction of sp³-hybridized carbons (Fsp3) is 0.733. The highest BCUT2D eigenvalue weighted by Crippen LogP contribution is 2.43. The molecule has 0 saturated heterocycles. The highest BCUT2D eigenvalue weighted by molar-refractivity contribution is 5.25. The molecule has 0 radical (unpaired) electrons. The first-order valence-corrected chi connectivity index (χ1v) is 7.13. The molecule has 1 aromatic heterocycles. The van der Waals surface area contributed by atoms with Crippen LogP contribution in [0.1, 0.15) is 51.6 Å². The van der Waals surface area contributed by atoms with Gasteiger partial charge < -0.3 is 5.32 Å². The molecule has 0 aliphatic heterocycles. The summed E-state index contributed by atoms with van der Waals surface area (Å²) in [6, 6.07) is 1.94. The summed E-state index contributed by atoms with van der Waals surface area (Å²) in [6.07, 6.45) is 8.60. The Kier molecular flexibility index (Phi) is 4.20. The smallest absolute Gasteiger partial charge is 0.222 e. The molecule has 1 aliphatic carbocycles. The van der Waals surface area contributed by atoms with Crippen molar-refractivity contribution in [3.05, 3.63) is 18.0 Å². The van der Waals surface area contributed by atoms with Gasteiger partial charge >= 0.3 is 0 Å². The van der Waals surface area contributed by atoms with Crippen molar-refractivity contribution in [1.29, 1.82) is 0 Å². The molecule has 3 nitrogen and oxygen atoms in total. The van der Waals surface area contributed by atoms with Gasteiger partial charge in [0.2, 0.25) is 5.95 Å². The number of aryl methyl sites for hydroxylation is 1. The van der Waals surface area contributed by atoms with Crippen molar-refractivity contribution in [2.45, 2.75) is 52.9 Å². The SMILES string of the molecule is Cc1ccnc(NCC2(CC(C)C)CCCC2)n1. The van der Waals surface area contributed by atoms with Gasteiger partial charge in [0.25, 0.3) is 0 Å². The fourth-order valence-corrected chi connectivity index (χ4v) is 3.24. The lowest BCUT2D eigenvalue weighted by Gasteiger charge is -2.31. The minimum atomic E-state index is 0.473. The molecule has 100 valence electrons. The van der Waals surface area contributed by atoms with E-state index in [1.54, 1.807) is 0 Å². The molecule has 0 aromatic carbocycles. The number of rotatable bonds is 5. The molecule has 1 aromatic rings. The molecule has 1 saturated carbocycles. The predicted molar refractivity (Wildman–Crippen MR) is 75.6 cm³/mol. The Labute approximate surface area is 110 Å². The highest BCUT2D eigenvalue weighted by Gasteiger charge is 2.34. The second-order valence-electron chi connectivity index (χ2n) is 6.18. The summed E-state index contributed by atoms with van der Waals surface area (Å²) in [7, 11) is 0. The molecule has 3 heteroatoms. The Hall–Kier alpha value is -1.12. The van der Waals surface area contributed by atoms with Crippen LogP contribution in [0.25, 0.3) is 0 Å². The second-order valence-corrected chi connectivity index (χ2v) is 6.18. The van der Waals surface area contributed by atoms with E-state index in [4.69, 9.17) is 0 Å². The number of nitrogens with zero attached hydrogens (tertiary/aromatic N) is 2. The van der Waals surface area contributed by atoms with Gasteiger partial charge in [-0.1, -0.05) is 26.7 Å². The number of aromatic nitrogens is 2. The summed E-state index contributed by atoms with van der Waals surface area (Å²) in [5.74, 6) is 1.55. The molecule has 0 atom stereocenters. The third kappa shape index (κ3) is 3.44. The normalized spacial score (nSPS) is 18.2. The number of anilines is 1. The summed E-state index contributed by atoms with van der Waals surface area (Å²) in [4.78, 5) is 8.71. The minimum absolute atomic E-state index is 0.473. The zero-order chi connectivity index (χ0) is 13.0. The van der Waals surface area contributed by atoms with E-state index in [0.29, 0.717) is 5.41 Å². The van der Waals surface area contributed by atoms with Crippen molar-refractivity contribution in [3.8, 4) is 0 Å². The lowest BCUT2D eigenvalue weighted by Crippen LogP contribution is -2.29. The van der Waals surface area contributed by atoms with E-state index in [1.165, 1.54) is 32.1 Å². The van der Waals surface area contributed by atoms with Crippen molar-refractivity contribution >= 4 is 5.95 Å². The van der Waals surface area contributed by atoms with Crippen LogP contribution in [0.15, 0.2) is 12.3 Å². The van der Waals surface area contributed by atoms with Crippen LogP contribution in [-0.4, -0.2) is 16.5 Å².